The fourth-order valence-corrected chi connectivity index (χ4v) is 3.57. The Morgan fingerprint density at radius 3 is 2.35 bits per heavy atom. The number of hydrogen-bond acceptors (Lipinski definition) is 5. The van der Waals surface area contributed by atoms with E-state index in [2.05, 4.69) is 15.6 Å². The van der Waals surface area contributed by atoms with Gasteiger partial charge in [0, 0.05) is 10.6 Å². The van der Waals surface area contributed by atoms with Gasteiger partial charge in [0.25, 0.3) is 0 Å². The molecule has 1 aromatic carbocycles. The highest BCUT2D eigenvalue weighted by molar-refractivity contribution is 7.15. The van der Waals surface area contributed by atoms with Crippen LogP contribution in [0.1, 0.15) is 30.0 Å². The Morgan fingerprint density at radius 1 is 1.08 bits per heavy atom. The van der Waals surface area contributed by atoms with Gasteiger partial charge in [0.15, 0.2) is 5.13 Å². The zero-order chi connectivity index (χ0) is 19.1. The molecule has 0 saturated carbocycles. The number of para-hydroxylation sites is 1. The van der Waals surface area contributed by atoms with Gasteiger partial charge in [-0.15, -0.1) is 11.3 Å². The lowest BCUT2D eigenvalue weighted by Crippen LogP contribution is -2.36. The van der Waals surface area contributed by atoms with Gasteiger partial charge in [-0.3, -0.25) is 14.5 Å². The summed E-state index contributed by atoms with van der Waals surface area (Å²) in [5.74, 6) is -0.315. The summed E-state index contributed by atoms with van der Waals surface area (Å²) in [6.45, 7) is 6.35. The fraction of sp³-hybridized carbons (Fsp3) is 0.421. The first-order chi connectivity index (χ1) is 12.4. The number of likely N-dealkylation sites (N-methyl/N-ethyl adjacent to an activating group) is 1. The van der Waals surface area contributed by atoms with Gasteiger partial charge >= 0.3 is 0 Å². The molecule has 0 unspecified atom stereocenters. The Morgan fingerprint density at radius 2 is 1.73 bits per heavy atom. The zero-order valence-electron chi connectivity index (χ0n) is 15.8. The number of nitrogens with one attached hydrogen (secondary N) is 2. The number of aryl methyl sites for hydroxylation is 3. The van der Waals surface area contributed by atoms with Crippen LogP contribution in [0.4, 0.5) is 10.8 Å². The number of aromatic nitrogens is 1. The molecule has 0 radical (unpaired) electrons. The van der Waals surface area contributed by atoms with Crippen LogP contribution in [-0.4, -0.2) is 41.8 Å². The molecular formula is C19H26N4O2S. The van der Waals surface area contributed by atoms with Gasteiger partial charge in [-0.05, 0) is 38.4 Å². The van der Waals surface area contributed by atoms with Crippen molar-refractivity contribution < 1.29 is 9.59 Å². The molecule has 1 heterocycles. The van der Waals surface area contributed by atoms with E-state index >= 15 is 0 Å². The minimum atomic E-state index is -0.175. The summed E-state index contributed by atoms with van der Waals surface area (Å²) in [7, 11) is 1.75. The van der Waals surface area contributed by atoms with Crippen molar-refractivity contribution in [3.63, 3.8) is 0 Å². The number of thiazole rings is 1. The van der Waals surface area contributed by atoms with Crippen LogP contribution in [-0.2, 0) is 22.4 Å². The summed E-state index contributed by atoms with van der Waals surface area (Å²) < 4.78 is 0. The van der Waals surface area contributed by atoms with Crippen molar-refractivity contribution in [2.75, 3.05) is 30.8 Å². The van der Waals surface area contributed by atoms with Crippen molar-refractivity contribution in [1.82, 2.24) is 9.88 Å². The third-order valence-electron chi connectivity index (χ3n) is 3.97. The van der Waals surface area contributed by atoms with Crippen LogP contribution in [0, 0.1) is 6.92 Å². The monoisotopic (exact) mass is 374 g/mol. The first-order valence-electron chi connectivity index (χ1n) is 8.75. The van der Waals surface area contributed by atoms with E-state index in [0.717, 1.165) is 34.7 Å². The van der Waals surface area contributed by atoms with Gasteiger partial charge in [0.05, 0.1) is 18.8 Å². The van der Waals surface area contributed by atoms with E-state index in [9.17, 15) is 9.59 Å². The molecule has 0 aliphatic heterocycles. The summed E-state index contributed by atoms with van der Waals surface area (Å²) in [5.41, 5.74) is 2.92. The number of carbonyl (C=O) groups is 2. The first kappa shape index (κ1) is 20.1. The molecule has 0 aliphatic carbocycles. The van der Waals surface area contributed by atoms with E-state index in [0.29, 0.717) is 5.13 Å². The molecule has 0 aliphatic rings. The van der Waals surface area contributed by atoms with Crippen molar-refractivity contribution in [3.05, 3.63) is 40.4 Å². The maximum absolute atomic E-state index is 12.2. The van der Waals surface area contributed by atoms with Crippen LogP contribution >= 0.6 is 11.3 Å². The Balaban J connectivity index is 1.84. The van der Waals surface area contributed by atoms with E-state index in [1.54, 1.807) is 11.9 Å². The molecule has 2 aromatic rings. The highest BCUT2D eigenvalue weighted by atomic mass is 32.1. The first-order valence-corrected chi connectivity index (χ1v) is 9.57. The van der Waals surface area contributed by atoms with Crippen LogP contribution in [0.3, 0.4) is 0 Å². The Bertz CT molecular complexity index is 773. The second-order valence-corrected chi connectivity index (χ2v) is 7.36. The van der Waals surface area contributed by atoms with Crippen molar-refractivity contribution >= 4 is 34.0 Å². The van der Waals surface area contributed by atoms with Gasteiger partial charge in [-0.2, -0.15) is 0 Å². The van der Waals surface area contributed by atoms with Crippen molar-refractivity contribution in [2.45, 2.75) is 33.6 Å². The second kappa shape index (κ2) is 9.45. The minimum Gasteiger partial charge on any atom is -0.325 e. The van der Waals surface area contributed by atoms with Gasteiger partial charge in [0.2, 0.25) is 11.8 Å². The lowest BCUT2D eigenvalue weighted by Gasteiger charge is -2.16. The second-order valence-electron chi connectivity index (χ2n) is 6.15. The number of benzene rings is 1. The van der Waals surface area contributed by atoms with Gasteiger partial charge in [-0.25, -0.2) is 4.98 Å². The Hall–Kier alpha value is -2.25. The largest absolute Gasteiger partial charge is 0.325 e. The smallest absolute Gasteiger partial charge is 0.240 e. The predicted octanol–water partition coefficient (Wildman–Crippen LogP) is 3.09. The van der Waals surface area contributed by atoms with Crippen LogP contribution in [0.5, 0.6) is 0 Å². The molecule has 2 rings (SSSR count). The number of nitrogens with zero attached hydrogens (tertiary/aromatic N) is 2. The summed E-state index contributed by atoms with van der Waals surface area (Å²) in [6.07, 6.45) is 1.69. The number of anilines is 2. The van der Waals surface area contributed by atoms with E-state index in [4.69, 9.17) is 0 Å². The summed E-state index contributed by atoms with van der Waals surface area (Å²) in [4.78, 5) is 31.6. The van der Waals surface area contributed by atoms with Gasteiger partial charge < -0.3 is 10.6 Å². The quantitative estimate of drug-likeness (QED) is 0.745. The average molecular weight is 375 g/mol. The van der Waals surface area contributed by atoms with E-state index in [1.165, 1.54) is 11.3 Å². The molecule has 140 valence electrons. The average Bonchev–Trinajstić information content (AvgIpc) is 2.94. The number of carbonyl (C=O) groups excluding carboxylic acids is 2. The van der Waals surface area contributed by atoms with E-state index in [-0.39, 0.29) is 24.9 Å². The maximum atomic E-state index is 12.2. The van der Waals surface area contributed by atoms with Crippen molar-refractivity contribution in [2.24, 2.45) is 0 Å². The van der Waals surface area contributed by atoms with Crippen molar-refractivity contribution in [1.29, 1.82) is 0 Å². The van der Waals surface area contributed by atoms with Gasteiger partial charge in [-0.1, -0.05) is 32.0 Å². The molecule has 6 nitrogen and oxygen atoms in total. The normalized spacial score (nSPS) is 10.8. The predicted molar refractivity (Wildman–Crippen MR) is 107 cm³/mol. The van der Waals surface area contributed by atoms with E-state index in [1.807, 2.05) is 45.0 Å². The minimum absolute atomic E-state index is 0.128. The lowest BCUT2D eigenvalue weighted by molar-refractivity contribution is -0.119. The third kappa shape index (κ3) is 5.64. The van der Waals surface area contributed by atoms with Crippen LogP contribution < -0.4 is 10.6 Å². The Kier molecular flexibility index (Phi) is 7.29. The topological polar surface area (TPSA) is 74.3 Å². The highest BCUT2D eigenvalue weighted by Crippen LogP contribution is 2.22. The van der Waals surface area contributed by atoms with Crippen molar-refractivity contribution in [3.8, 4) is 0 Å². The zero-order valence-corrected chi connectivity index (χ0v) is 16.6. The number of hydrogen-bond donors (Lipinski definition) is 2. The molecular weight excluding hydrogens is 348 g/mol. The molecule has 7 heteroatoms. The van der Waals surface area contributed by atoms with Crippen LogP contribution in [0.2, 0.25) is 0 Å². The third-order valence-corrected chi connectivity index (χ3v) is 4.90. The lowest BCUT2D eigenvalue weighted by atomic mass is 10.1. The van der Waals surface area contributed by atoms with E-state index < -0.39 is 0 Å². The summed E-state index contributed by atoms with van der Waals surface area (Å²) >= 11 is 1.47. The molecule has 0 saturated heterocycles. The molecule has 0 fully saturated rings. The molecule has 2 amide bonds. The van der Waals surface area contributed by atoms with Crippen LogP contribution in [0.25, 0.3) is 0 Å². The van der Waals surface area contributed by atoms with Gasteiger partial charge in [0.1, 0.15) is 0 Å². The molecule has 1 aromatic heterocycles. The molecule has 26 heavy (non-hydrogen) atoms. The molecule has 0 atom stereocenters. The molecule has 2 N–H and O–H groups in total. The standard InChI is InChI=1S/C19H26N4O2S/c1-5-14-9-7-8-10-16(14)20-17(24)11-23(4)12-18(25)22-19-21-15(6-2)13(3)26-19/h7-10H,5-6,11-12H2,1-4H3,(H,20,24)(H,21,22,25). The summed E-state index contributed by atoms with van der Waals surface area (Å²) in [5, 5.41) is 6.33. The van der Waals surface area contributed by atoms with Crippen LogP contribution in [0.15, 0.2) is 24.3 Å². The molecule has 0 bridgehead atoms. The SMILES string of the molecule is CCc1ccccc1NC(=O)CN(C)CC(=O)Nc1nc(CC)c(C)s1. The Labute approximate surface area is 158 Å². The highest BCUT2D eigenvalue weighted by Gasteiger charge is 2.14. The maximum Gasteiger partial charge on any atom is 0.240 e. The summed E-state index contributed by atoms with van der Waals surface area (Å²) in [6, 6.07) is 7.73. The molecule has 0 spiro atoms. The fourth-order valence-electron chi connectivity index (χ4n) is 2.65. The number of amides is 2. The number of rotatable bonds is 8.